The number of amides is 1. The Labute approximate surface area is 149 Å². The van der Waals surface area contributed by atoms with Crippen LogP contribution in [0.25, 0.3) is 0 Å². The summed E-state index contributed by atoms with van der Waals surface area (Å²) >= 11 is 6.00. The van der Waals surface area contributed by atoms with E-state index in [0.717, 1.165) is 26.1 Å². The Morgan fingerprint density at radius 2 is 2.22 bits per heavy atom. The number of ether oxygens (including phenoxy) is 1. The summed E-state index contributed by atoms with van der Waals surface area (Å²) in [5.41, 5.74) is 0. The van der Waals surface area contributed by atoms with Gasteiger partial charge in [-0.1, -0.05) is 23.7 Å². The van der Waals surface area contributed by atoms with Crippen molar-refractivity contribution in [3.05, 3.63) is 29.3 Å². The summed E-state index contributed by atoms with van der Waals surface area (Å²) in [5.74, 6) is 1.48. The maximum absolute atomic E-state index is 11.8. The van der Waals surface area contributed by atoms with Gasteiger partial charge in [0.25, 0.3) is 0 Å². The molecule has 1 heterocycles. The molecule has 0 spiro atoms. The van der Waals surface area contributed by atoms with Crippen molar-refractivity contribution >= 4 is 29.9 Å². The second-order valence-electron chi connectivity index (χ2n) is 5.73. The molecule has 2 N–H and O–H groups in total. The smallest absolute Gasteiger partial charge is 0.220 e. The van der Waals surface area contributed by atoms with E-state index in [-0.39, 0.29) is 18.3 Å². The molecule has 0 saturated carbocycles. The van der Waals surface area contributed by atoms with Crippen LogP contribution in [0.1, 0.15) is 32.1 Å². The molecule has 1 unspecified atom stereocenters. The minimum Gasteiger partial charge on any atom is -0.492 e. The molecule has 1 aliphatic rings. The number of hydrogen-bond donors (Lipinski definition) is 2. The zero-order valence-corrected chi connectivity index (χ0v) is 14.9. The molecule has 130 valence electrons. The highest BCUT2D eigenvalue weighted by molar-refractivity contribution is 6.32. The first-order valence-corrected chi connectivity index (χ1v) is 8.48. The number of para-hydroxylation sites is 1. The van der Waals surface area contributed by atoms with E-state index in [2.05, 4.69) is 10.6 Å². The SMILES string of the molecule is Cl.O=C(CCCOc1ccccc1Cl)NCCC1CCCNC1. The van der Waals surface area contributed by atoms with E-state index >= 15 is 0 Å². The quantitative estimate of drug-likeness (QED) is 0.698. The molecular formula is C17H26Cl2N2O2. The third-order valence-electron chi connectivity index (χ3n) is 3.92. The van der Waals surface area contributed by atoms with E-state index in [9.17, 15) is 4.79 Å². The highest BCUT2D eigenvalue weighted by Crippen LogP contribution is 2.23. The molecule has 4 nitrogen and oxygen atoms in total. The molecule has 1 fully saturated rings. The van der Waals surface area contributed by atoms with Crippen molar-refractivity contribution in [3.63, 3.8) is 0 Å². The molecular weight excluding hydrogens is 335 g/mol. The van der Waals surface area contributed by atoms with Gasteiger partial charge >= 0.3 is 0 Å². The van der Waals surface area contributed by atoms with Gasteiger partial charge in [0.15, 0.2) is 0 Å². The molecule has 1 saturated heterocycles. The maximum Gasteiger partial charge on any atom is 0.220 e. The predicted octanol–water partition coefficient (Wildman–Crippen LogP) is 3.43. The first-order valence-electron chi connectivity index (χ1n) is 8.10. The van der Waals surface area contributed by atoms with Crippen LogP contribution in [-0.2, 0) is 4.79 Å². The molecule has 0 aliphatic carbocycles. The molecule has 0 radical (unpaired) electrons. The van der Waals surface area contributed by atoms with E-state index in [0.29, 0.717) is 36.1 Å². The number of carbonyl (C=O) groups excluding carboxylic acids is 1. The Morgan fingerprint density at radius 3 is 2.96 bits per heavy atom. The predicted molar refractivity (Wildman–Crippen MR) is 96.6 cm³/mol. The molecule has 2 rings (SSSR count). The van der Waals surface area contributed by atoms with Crippen molar-refractivity contribution in [1.29, 1.82) is 0 Å². The maximum atomic E-state index is 11.8. The molecule has 0 aromatic heterocycles. The van der Waals surface area contributed by atoms with Crippen LogP contribution in [0.15, 0.2) is 24.3 Å². The van der Waals surface area contributed by atoms with Crippen LogP contribution in [0.5, 0.6) is 5.75 Å². The van der Waals surface area contributed by atoms with Crippen molar-refractivity contribution in [2.75, 3.05) is 26.2 Å². The lowest BCUT2D eigenvalue weighted by Crippen LogP contribution is -2.33. The summed E-state index contributed by atoms with van der Waals surface area (Å²) in [6, 6.07) is 7.38. The van der Waals surface area contributed by atoms with Gasteiger partial charge in [0.05, 0.1) is 11.6 Å². The van der Waals surface area contributed by atoms with Crippen LogP contribution in [0.2, 0.25) is 5.02 Å². The summed E-state index contributed by atoms with van der Waals surface area (Å²) < 4.78 is 5.57. The van der Waals surface area contributed by atoms with Crippen LogP contribution in [0.3, 0.4) is 0 Å². The van der Waals surface area contributed by atoms with Gasteiger partial charge in [0, 0.05) is 13.0 Å². The zero-order valence-electron chi connectivity index (χ0n) is 13.4. The lowest BCUT2D eigenvalue weighted by atomic mass is 9.96. The highest BCUT2D eigenvalue weighted by Gasteiger charge is 2.12. The average molecular weight is 361 g/mol. The van der Waals surface area contributed by atoms with Crippen LogP contribution in [-0.4, -0.2) is 32.1 Å². The minimum atomic E-state index is 0. The van der Waals surface area contributed by atoms with E-state index in [1.54, 1.807) is 6.07 Å². The topological polar surface area (TPSA) is 50.4 Å². The van der Waals surface area contributed by atoms with Gasteiger partial charge in [-0.3, -0.25) is 4.79 Å². The van der Waals surface area contributed by atoms with E-state index in [1.165, 1.54) is 12.8 Å². The largest absolute Gasteiger partial charge is 0.492 e. The zero-order chi connectivity index (χ0) is 15.6. The van der Waals surface area contributed by atoms with Crippen LogP contribution >= 0.6 is 24.0 Å². The highest BCUT2D eigenvalue weighted by atomic mass is 35.5. The second kappa shape index (κ2) is 11.5. The number of rotatable bonds is 8. The van der Waals surface area contributed by atoms with Gasteiger partial charge in [-0.25, -0.2) is 0 Å². The summed E-state index contributed by atoms with van der Waals surface area (Å²) in [6.07, 6.45) is 4.77. The summed E-state index contributed by atoms with van der Waals surface area (Å²) in [4.78, 5) is 11.8. The molecule has 1 amide bonds. The van der Waals surface area contributed by atoms with Crippen LogP contribution in [0, 0.1) is 5.92 Å². The van der Waals surface area contributed by atoms with E-state index in [4.69, 9.17) is 16.3 Å². The lowest BCUT2D eigenvalue weighted by Gasteiger charge is -2.22. The van der Waals surface area contributed by atoms with Crippen molar-refractivity contribution < 1.29 is 9.53 Å². The van der Waals surface area contributed by atoms with E-state index in [1.807, 2.05) is 18.2 Å². The number of halogens is 2. The summed E-state index contributed by atoms with van der Waals surface area (Å²) in [7, 11) is 0. The third kappa shape index (κ3) is 7.91. The molecule has 6 heteroatoms. The summed E-state index contributed by atoms with van der Waals surface area (Å²) in [5, 5.41) is 6.99. The van der Waals surface area contributed by atoms with E-state index < -0.39 is 0 Å². The van der Waals surface area contributed by atoms with Gasteiger partial charge in [-0.2, -0.15) is 0 Å². The molecule has 23 heavy (non-hydrogen) atoms. The van der Waals surface area contributed by atoms with Crippen molar-refractivity contribution in [2.45, 2.75) is 32.1 Å². The molecule has 1 aromatic rings. The molecule has 1 aromatic carbocycles. The fourth-order valence-electron chi connectivity index (χ4n) is 2.65. The average Bonchev–Trinajstić information content (AvgIpc) is 2.54. The number of piperidine rings is 1. The van der Waals surface area contributed by atoms with Gasteiger partial charge in [0.2, 0.25) is 5.91 Å². The van der Waals surface area contributed by atoms with Gasteiger partial charge in [-0.05, 0) is 56.8 Å². The van der Waals surface area contributed by atoms with Crippen LogP contribution < -0.4 is 15.4 Å². The third-order valence-corrected chi connectivity index (χ3v) is 4.23. The van der Waals surface area contributed by atoms with Crippen LogP contribution in [0.4, 0.5) is 0 Å². The Morgan fingerprint density at radius 1 is 1.39 bits per heavy atom. The Bertz CT molecular complexity index is 466. The fraction of sp³-hybridized carbons (Fsp3) is 0.588. The number of benzene rings is 1. The summed E-state index contributed by atoms with van der Waals surface area (Å²) in [6.45, 7) is 3.50. The molecule has 1 aliphatic heterocycles. The second-order valence-corrected chi connectivity index (χ2v) is 6.14. The number of nitrogens with one attached hydrogen (secondary N) is 2. The fourth-order valence-corrected chi connectivity index (χ4v) is 2.84. The number of hydrogen-bond acceptors (Lipinski definition) is 3. The Balaban J connectivity index is 0.00000264. The minimum absolute atomic E-state index is 0. The molecule has 1 atom stereocenters. The van der Waals surface area contributed by atoms with Gasteiger partial charge < -0.3 is 15.4 Å². The number of carbonyl (C=O) groups is 1. The Hall–Kier alpha value is -0.970. The van der Waals surface area contributed by atoms with Crippen molar-refractivity contribution in [1.82, 2.24) is 10.6 Å². The first-order chi connectivity index (χ1) is 10.8. The monoisotopic (exact) mass is 360 g/mol. The standard InChI is InChI=1S/C17H25ClN2O2.ClH/c18-15-6-1-2-7-16(15)22-12-4-8-17(21)20-11-9-14-5-3-10-19-13-14;/h1-2,6-7,14,19H,3-5,8-13H2,(H,20,21);1H. The van der Waals surface area contributed by atoms with Gasteiger partial charge in [-0.15, -0.1) is 12.4 Å². The lowest BCUT2D eigenvalue weighted by molar-refractivity contribution is -0.121. The van der Waals surface area contributed by atoms with Crippen molar-refractivity contribution in [3.8, 4) is 5.75 Å². The van der Waals surface area contributed by atoms with Crippen molar-refractivity contribution in [2.24, 2.45) is 5.92 Å². The Kier molecular flexibility index (Phi) is 10.1. The van der Waals surface area contributed by atoms with Gasteiger partial charge in [0.1, 0.15) is 5.75 Å². The normalized spacial score (nSPS) is 17.2. The first kappa shape index (κ1) is 20.1. The molecule has 0 bridgehead atoms.